The number of likely N-dealkylation sites (N-methyl/N-ethyl adjacent to an activating group) is 1. The van der Waals surface area contributed by atoms with Gasteiger partial charge in [-0.25, -0.2) is 9.97 Å². The van der Waals surface area contributed by atoms with Gasteiger partial charge in [-0.1, -0.05) is 0 Å². The van der Waals surface area contributed by atoms with Gasteiger partial charge in [-0.15, -0.1) is 0 Å². The molecule has 0 spiro atoms. The average Bonchev–Trinajstić information content (AvgIpc) is 2.72. The summed E-state index contributed by atoms with van der Waals surface area (Å²) in [6.45, 7) is 1.59. The Labute approximate surface area is 103 Å². The maximum Gasteiger partial charge on any atom is 0.433 e. The Balaban J connectivity index is 1.97. The summed E-state index contributed by atoms with van der Waals surface area (Å²) in [5.74, 6) is 0.0325. The molecule has 7 heteroatoms. The molecule has 2 rings (SSSR count). The van der Waals surface area contributed by atoms with Crippen LogP contribution in [0.15, 0.2) is 12.3 Å². The first-order valence-electron chi connectivity index (χ1n) is 5.81. The Bertz CT molecular complexity index is 408. The van der Waals surface area contributed by atoms with Crippen LogP contribution >= 0.6 is 0 Å². The van der Waals surface area contributed by atoms with Crippen LogP contribution in [0, 0.1) is 0 Å². The SMILES string of the molecule is CN1CCCC1CNc1nccc(C(F)(F)F)n1. The fourth-order valence-electron chi connectivity index (χ4n) is 2.05. The maximum absolute atomic E-state index is 12.4. The first kappa shape index (κ1) is 13.1. The molecule has 0 aliphatic carbocycles. The Morgan fingerprint density at radius 2 is 2.28 bits per heavy atom. The fourth-order valence-corrected chi connectivity index (χ4v) is 2.05. The summed E-state index contributed by atoms with van der Waals surface area (Å²) in [4.78, 5) is 9.44. The second-order valence-corrected chi connectivity index (χ2v) is 4.42. The second kappa shape index (κ2) is 5.09. The van der Waals surface area contributed by atoms with E-state index in [0.29, 0.717) is 12.6 Å². The topological polar surface area (TPSA) is 41.0 Å². The van der Waals surface area contributed by atoms with Crippen LogP contribution in [0.5, 0.6) is 0 Å². The van der Waals surface area contributed by atoms with Crippen molar-refractivity contribution in [1.29, 1.82) is 0 Å². The minimum atomic E-state index is -4.43. The quantitative estimate of drug-likeness (QED) is 0.902. The molecule has 1 unspecified atom stereocenters. The van der Waals surface area contributed by atoms with Crippen molar-refractivity contribution in [2.45, 2.75) is 25.1 Å². The number of hydrogen-bond donors (Lipinski definition) is 1. The lowest BCUT2D eigenvalue weighted by atomic mass is 10.2. The van der Waals surface area contributed by atoms with Crippen LogP contribution in [-0.4, -0.2) is 41.0 Å². The summed E-state index contributed by atoms with van der Waals surface area (Å²) < 4.78 is 37.3. The predicted molar refractivity (Wildman–Crippen MR) is 61.2 cm³/mol. The largest absolute Gasteiger partial charge is 0.433 e. The molecule has 1 saturated heterocycles. The predicted octanol–water partition coefficient (Wildman–Crippen LogP) is 2.00. The van der Waals surface area contributed by atoms with Crippen molar-refractivity contribution in [1.82, 2.24) is 14.9 Å². The van der Waals surface area contributed by atoms with Crippen molar-refractivity contribution in [3.63, 3.8) is 0 Å². The highest BCUT2D eigenvalue weighted by Gasteiger charge is 2.32. The average molecular weight is 260 g/mol. The molecule has 2 heterocycles. The number of nitrogens with one attached hydrogen (secondary N) is 1. The molecule has 18 heavy (non-hydrogen) atoms. The van der Waals surface area contributed by atoms with Gasteiger partial charge in [0.25, 0.3) is 0 Å². The van der Waals surface area contributed by atoms with Crippen LogP contribution in [0.2, 0.25) is 0 Å². The number of anilines is 1. The van der Waals surface area contributed by atoms with Crippen molar-refractivity contribution in [2.75, 3.05) is 25.5 Å². The molecule has 1 aliphatic heterocycles. The lowest BCUT2D eigenvalue weighted by molar-refractivity contribution is -0.141. The summed E-state index contributed by atoms with van der Waals surface area (Å²) in [6.07, 6.45) is -1.14. The van der Waals surface area contributed by atoms with E-state index in [2.05, 4.69) is 20.2 Å². The van der Waals surface area contributed by atoms with Crippen LogP contribution in [0.25, 0.3) is 0 Å². The van der Waals surface area contributed by atoms with Crippen LogP contribution in [0.4, 0.5) is 19.1 Å². The van der Waals surface area contributed by atoms with Gasteiger partial charge in [-0.2, -0.15) is 13.2 Å². The molecule has 0 saturated carbocycles. The summed E-state index contributed by atoms with van der Waals surface area (Å²) in [5.41, 5.74) is -0.917. The van der Waals surface area contributed by atoms with Gasteiger partial charge in [-0.05, 0) is 32.5 Å². The van der Waals surface area contributed by atoms with E-state index in [1.54, 1.807) is 0 Å². The molecule has 0 bridgehead atoms. The molecule has 4 nitrogen and oxygen atoms in total. The fraction of sp³-hybridized carbons (Fsp3) is 0.636. The van der Waals surface area contributed by atoms with E-state index in [-0.39, 0.29) is 5.95 Å². The third-order valence-corrected chi connectivity index (χ3v) is 3.11. The first-order valence-corrected chi connectivity index (χ1v) is 5.81. The lowest BCUT2D eigenvalue weighted by Crippen LogP contribution is -2.32. The van der Waals surface area contributed by atoms with Gasteiger partial charge in [-0.3, -0.25) is 0 Å². The number of alkyl halides is 3. The van der Waals surface area contributed by atoms with Gasteiger partial charge in [0, 0.05) is 18.8 Å². The van der Waals surface area contributed by atoms with Gasteiger partial charge < -0.3 is 10.2 Å². The van der Waals surface area contributed by atoms with Gasteiger partial charge in [0.1, 0.15) is 5.69 Å². The number of halogens is 3. The minimum absolute atomic E-state index is 0.0325. The molecule has 100 valence electrons. The van der Waals surface area contributed by atoms with Crippen molar-refractivity contribution in [2.24, 2.45) is 0 Å². The molecule has 1 aliphatic rings. The molecule has 0 radical (unpaired) electrons. The number of rotatable bonds is 3. The van der Waals surface area contributed by atoms with E-state index < -0.39 is 11.9 Å². The Morgan fingerprint density at radius 3 is 2.89 bits per heavy atom. The highest BCUT2D eigenvalue weighted by Crippen LogP contribution is 2.27. The summed E-state index contributed by atoms with van der Waals surface area (Å²) in [7, 11) is 2.01. The molecule has 1 aromatic rings. The van der Waals surface area contributed by atoms with E-state index in [4.69, 9.17) is 0 Å². The number of aromatic nitrogens is 2. The third kappa shape index (κ3) is 3.10. The minimum Gasteiger partial charge on any atom is -0.353 e. The number of likely N-dealkylation sites (tertiary alicyclic amines) is 1. The molecule has 1 atom stereocenters. The van der Waals surface area contributed by atoms with Crippen LogP contribution < -0.4 is 5.32 Å². The number of hydrogen-bond acceptors (Lipinski definition) is 4. The van der Waals surface area contributed by atoms with Gasteiger partial charge in [0.15, 0.2) is 0 Å². The van der Waals surface area contributed by atoms with Gasteiger partial charge in [0.2, 0.25) is 5.95 Å². The van der Waals surface area contributed by atoms with E-state index in [0.717, 1.165) is 31.6 Å². The smallest absolute Gasteiger partial charge is 0.353 e. The van der Waals surface area contributed by atoms with Crippen LogP contribution in [0.3, 0.4) is 0 Å². The van der Waals surface area contributed by atoms with E-state index >= 15 is 0 Å². The first-order chi connectivity index (χ1) is 8.47. The zero-order valence-corrected chi connectivity index (χ0v) is 10.0. The zero-order valence-electron chi connectivity index (χ0n) is 10.0. The van der Waals surface area contributed by atoms with Crippen LogP contribution in [-0.2, 0) is 6.18 Å². The van der Waals surface area contributed by atoms with Crippen molar-refractivity contribution < 1.29 is 13.2 Å². The lowest BCUT2D eigenvalue weighted by Gasteiger charge is -2.19. The number of nitrogens with zero attached hydrogens (tertiary/aromatic N) is 3. The maximum atomic E-state index is 12.4. The second-order valence-electron chi connectivity index (χ2n) is 4.42. The molecule has 0 amide bonds. The van der Waals surface area contributed by atoms with Gasteiger partial charge >= 0.3 is 6.18 Å². The standard InChI is InChI=1S/C11H15F3N4/c1-18-6-2-3-8(18)7-16-10-15-5-4-9(17-10)11(12,13)14/h4-5,8H,2-3,6-7H2,1H3,(H,15,16,17). The van der Waals surface area contributed by atoms with E-state index in [1.165, 1.54) is 0 Å². The zero-order chi connectivity index (χ0) is 13.2. The molecule has 1 fully saturated rings. The van der Waals surface area contributed by atoms with E-state index in [9.17, 15) is 13.2 Å². The van der Waals surface area contributed by atoms with Gasteiger partial charge in [0.05, 0.1) is 0 Å². The molecule has 0 aromatic carbocycles. The summed E-state index contributed by atoms with van der Waals surface area (Å²) >= 11 is 0. The van der Waals surface area contributed by atoms with Crippen LogP contribution in [0.1, 0.15) is 18.5 Å². The Kier molecular flexibility index (Phi) is 3.70. The summed E-state index contributed by atoms with van der Waals surface area (Å²) in [5, 5.41) is 2.87. The van der Waals surface area contributed by atoms with Crippen molar-refractivity contribution in [3.8, 4) is 0 Å². The molecule has 1 N–H and O–H groups in total. The Morgan fingerprint density at radius 1 is 1.50 bits per heavy atom. The van der Waals surface area contributed by atoms with Crippen molar-refractivity contribution >= 4 is 5.95 Å². The summed E-state index contributed by atoms with van der Waals surface area (Å²) in [6, 6.07) is 1.20. The van der Waals surface area contributed by atoms with Crippen molar-refractivity contribution in [3.05, 3.63) is 18.0 Å². The monoisotopic (exact) mass is 260 g/mol. The Hall–Kier alpha value is -1.37. The molecular formula is C11H15F3N4. The molecule has 1 aromatic heterocycles. The van der Waals surface area contributed by atoms with E-state index in [1.807, 2.05) is 7.05 Å². The third-order valence-electron chi connectivity index (χ3n) is 3.11. The highest BCUT2D eigenvalue weighted by atomic mass is 19.4. The highest BCUT2D eigenvalue weighted by molar-refractivity contribution is 5.26. The normalized spacial score (nSPS) is 21.2. The molecular weight excluding hydrogens is 245 g/mol.